The molecular weight excluding hydrogens is 182 g/mol. The smallest absolute Gasteiger partial charge is 0.0459 e. The first-order valence-electron chi connectivity index (χ1n) is 5.63. The van der Waals surface area contributed by atoms with Crippen molar-refractivity contribution in [2.24, 2.45) is 0 Å². The van der Waals surface area contributed by atoms with Gasteiger partial charge in [0.1, 0.15) is 0 Å². The average molecular weight is 203 g/mol. The summed E-state index contributed by atoms with van der Waals surface area (Å²) in [5.74, 6) is 0. The van der Waals surface area contributed by atoms with E-state index in [1.165, 1.54) is 22.2 Å². The second-order valence-corrected chi connectivity index (χ2v) is 5.20. The van der Waals surface area contributed by atoms with Crippen LogP contribution in [0.3, 0.4) is 0 Å². The zero-order chi connectivity index (χ0) is 11.1. The Labute approximate surface area is 93.0 Å². The standard InChI is InChI=1S/C14H19N.H2/c1-5-12-8-10-6-7-11(14(2,3)4)9-13(10)15-12;/h6-9,15H,5H2,1-4H3;1H. The third kappa shape index (κ3) is 1.92. The van der Waals surface area contributed by atoms with Crippen LogP contribution in [0, 0.1) is 0 Å². The van der Waals surface area contributed by atoms with Crippen LogP contribution in [0.2, 0.25) is 0 Å². The van der Waals surface area contributed by atoms with E-state index in [0.29, 0.717) is 0 Å². The number of aromatic nitrogens is 1. The molecule has 0 atom stereocenters. The Morgan fingerprint density at radius 2 is 1.93 bits per heavy atom. The SMILES string of the molecule is CCc1cc2ccc(C(C)(C)C)cc2[nH]1.[HH]. The number of hydrogen-bond donors (Lipinski definition) is 1. The molecule has 0 saturated carbocycles. The van der Waals surface area contributed by atoms with Crippen LogP contribution in [0.4, 0.5) is 0 Å². The lowest BCUT2D eigenvalue weighted by Gasteiger charge is -2.18. The minimum atomic E-state index is 0. The van der Waals surface area contributed by atoms with Crippen LogP contribution in [0.1, 0.15) is 40.4 Å². The quantitative estimate of drug-likeness (QED) is 0.712. The minimum Gasteiger partial charge on any atom is -0.358 e. The molecule has 1 nitrogen and oxygen atoms in total. The maximum Gasteiger partial charge on any atom is 0.0459 e. The van der Waals surface area contributed by atoms with E-state index in [0.717, 1.165) is 6.42 Å². The highest BCUT2D eigenvalue weighted by atomic mass is 14.7. The first-order chi connectivity index (χ1) is 7.00. The summed E-state index contributed by atoms with van der Waals surface area (Å²) in [5, 5.41) is 1.32. The van der Waals surface area contributed by atoms with E-state index in [2.05, 4.69) is 56.9 Å². The molecule has 2 aromatic rings. The Morgan fingerprint density at radius 3 is 2.53 bits per heavy atom. The highest BCUT2D eigenvalue weighted by Gasteiger charge is 2.14. The first-order valence-corrected chi connectivity index (χ1v) is 5.63. The zero-order valence-corrected chi connectivity index (χ0v) is 10.0. The lowest BCUT2D eigenvalue weighted by Crippen LogP contribution is -2.10. The van der Waals surface area contributed by atoms with Gasteiger partial charge in [-0.05, 0) is 34.9 Å². The van der Waals surface area contributed by atoms with E-state index in [4.69, 9.17) is 0 Å². The fourth-order valence-corrected chi connectivity index (χ4v) is 1.84. The minimum absolute atomic E-state index is 0. The number of hydrogen-bond acceptors (Lipinski definition) is 0. The lowest BCUT2D eigenvalue weighted by atomic mass is 9.87. The molecule has 1 aromatic heterocycles. The third-order valence-corrected chi connectivity index (χ3v) is 2.93. The summed E-state index contributed by atoms with van der Waals surface area (Å²) in [4.78, 5) is 3.46. The fraction of sp³-hybridized carbons (Fsp3) is 0.429. The molecule has 1 aromatic carbocycles. The highest BCUT2D eigenvalue weighted by molar-refractivity contribution is 5.81. The van der Waals surface area contributed by atoms with Crippen molar-refractivity contribution in [2.75, 3.05) is 0 Å². The van der Waals surface area contributed by atoms with Crippen molar-refractivity contribution in [1.82, 2.24) is 4.98 Å². The van der Waals surface area contributed by atoms with Crippen LogP contribution in [0.25, 0.3) is 10.9 Å². The van der Waals surface area contributed by atoms with Crippen LogP contribution in [-0.4, -0.2) is 4.98 Å². The van der Waals surface area contributed by atoms with Gasteiger partial charge in [0.25, 0.3) is 0 Å². The number of H-pyrrole nitrogens is 1. The third-order valence-electron chi connectivity index (χ3n) is 2.93. The molecule has 0 spiro atoms. The predicted molar refractivity (Wildman–Crippen MR) is 68.5 cm³/mol. The fourth-order valence-electron chi connectivity index (χ4n) is 1.84. The van der Waals surface area contributed by atoms with E-state index in [1.807, 2.05) is 0 Å². The van der Waals surface area contributed by atoms with Crippen LogP contribution in [0.5, 0.6) is 0 Å². The van der Waals surface area contributed by atoms with Gasteiger partial charge in [-0.3, -0.25) is 0 Å². The van der Waals surface area contributed by atoms with Gasteiger partial charge >= 0.3 is 0 Å². The average Bonchev–Trinajstić information content (AvgIpc) is 2.57. The molecule has 0 aliphatic heterocycles. The highest BCUT2D eigenvalue weighted by Crippen LogP contribution is 2.26. The molecule has 1 heteroatoms. The lowest BCUT2D eigenvalue weighted by molar-refractivity contribution is 0.591. The molecule has 0 amide bonds. The molecule has 0 unspecified atom stereocenters. The zero-order valence-electron chi connectivity index (χ0n) is 10.0. The Hall–Kier alpha value is -1.24. The Balaban J connectivity index is 0.00000128. The first kappa shape index (κ1) is 10.3. The van der Waals surface area contributed by atoms with Crippen molar-refractivity contribution in [2.45, 2.75) is 39.5 Å². The summed E-state index contributed by atoms with van der Waals surface area (Å²) < 4.78 is 0. The normalized spacial score (nSPS) is 12.3. The molecule has 15 heavy (non-hydrogen) atoms. The molecule has 0 aliphatic carbocycles. The van der Waals surface area contributed by atoms with Gasteiger partial charge in [0, 0.05) is 12.6 Å². The van der Waals surface area contributed by atoms with Crippen LogP contribution in [0.15, 0.2) is 24.3 Å². The molecular formula is C14H21N. The number of fused-ring (bicyclic) bond motifs is 1. The summed E-state index contributed by atoms with van der Waals surface area (Å²) in [7, 11) is 0. The van der Waals surface area contributed by atoms with Crippen molar-refractivity contribution in [3.8, 4) is 0 Å². The number of nitrogens with one attached hydrogen (secondary N) is 1. The Bertz CT molecular complexity index is 477. The Morgan fingerprint density at radius 1 is 1.20 bits per heavy atom. The number of aromatic amines is 1. The molecule has 2 rings (SSSR count). The molecule has 0 fully saturated rings. The van der Waals surface area contributed by atoms with Gasteiger partial charge in [-0.2, -0.15) is 0 Å². The largest absolute Gasteiger partial charge is 0.358 e. The van der Waals surface area contributed by atoms with Gasteiger partial charge in [-0.25, -0.2) is 0 Å². The molecule has 0 radical (unpaired) electrons. The van der Waals surface area contributed by atoms with E-state index in [9.17, 15) is 0 Å². The summed E-state index contributed by atoms with van der Waals surface area (Å²) in [6, 6.07) is 8.96. The maximum absolute atomic E-state index is 3.46. The van der Waals surface area contributed by atoms with E-state index in [-0.39, 0.29) is 6.84 Å². The van der Waals surface area contributed by atoms with Gasteiger partial charge in [-0.15, -0.1) is 0 Å². The number of rotatable bonds is 1. The summed E-state index contributed by atoms with van der Waals surface area (Å²) >= 11 is 0. The van der Waals surface area contributed by atoms with Crippen LogP contribution < -0.4 is 0 Å². The second-order valence-electron chi connectivity index (χ2n) is 5.20. The van der Waals surface area contributed by atoms with Gasteiger partial charge < -0.3 is 4.98 Å². The molecule has 0 saturated heterocycles. The van der Waals surface area contributed by atoms with Crippen molar-refractivity contribution in [3.63, 3.8) is 0 Å². The van der Waals surface area contributed by atoms with Crippen molar-refractivity contribution < 1.29 is 1.43 Å². The number of aryl methyl sites for hydroxylation is 1. The predicted octanol–water partition coefficient (Wildman–Crippen LogP) is 4.27. The topological polar surface area (TPSA) is 15.8 Å². The van der Waals surface area contributed by atoms with E-state index < -0.39 is 0 Å². The van der Waals surface area contributed by atoms with Gasteiger partial charge in [0.2, 0.25) is 0 Å². The van der Waals surface area contributed by atoms with Crippen molar-refractivity contribution in [1.29, 1.82) is 0 Å². The van der Waals surface area contributed by atoms with Crippen molar-refractivity contribution >= 4 is 10.9 Å². The van der Waals surface area contributed by atoms with Gasteiger partial charge in [-0.1, -0.05) is 39.8 Å². The second kappa shape index (κ2) is 3.41. The molecule has 0 aliphatic rings. The molecule has 1 heterocycles. The van der Waals surface area contributed by atoms with Gasteiger partial charge in [0.05, 0.1) is 0 Å². The summed E-state index contributed by atoms with van der Waals surface area (Å²) in [6.45, 7) is 8.92. The summed E-state index contributed by atoms with van der Waals surface area (Å²) in [6.07, 6.45) is 1.07. The monoisotopic (exact) mass is 203 g/mol. The maximum atomic E-state index is 3.46. The summed E-state index contributed by atoms with van der Waals surface area (Å²) in [5.41, 5.74) is 4.20. The van der Waals surface area contributed by atoms with Crippen LogP contribution in [-0.2, 0) is 11.8 Å². The van der Waals surface area contributed by atoms with E-state index in [1.54, 1.807) is 0 Å². The molecule has 0 bridgehead atoms. The van der Waals surface area contributed by atoms with E-state index >= 15 is 0 Å². The Kier molecular flexibility index (Phi) is 2.34. The van der Waals surface area contributed by atoms with Gasteiger partial charge in [0.15, 0.2) is 0 Å². The number of benzene rings is 1. The van der Waals surface area contributed by atoms with Crippen molar-refractivity contribution in [3.05, 3.63) is 35.5 Å². The molecule has 82 valence electrons. The molecule has 1 N–H and O–H groups in total. The van der Waals surface area contributed by atoms with Crippen LogP contribution >= 0.6 is 0 Å².